The molecule has 1 atom stereocenters. The molecular formula is C13H17N5O3. The molecule has 0 saturated carbocycles. The van der Waals surface area contributed by atoms with Crippen LogP contribution in [0.4, 0.5) is 0 Å². The van der Waals surface area contributed by atoms with Crippen molar-refractivity contribution in [2.24, 2.45) is 0 Å². The summed E-state index contributed by atoms with van der Waals surface area (Å²) in [6, 6.07) is 6.87. The Morgan fingerprint density at radius 3 is 2.81 bits per heavy atom. The monoisotopic (exact) mass is 291 g/mol. The van der Waals surface area contributed by atoms with Crippen molar-refractivity contribution in [3.8, 4) is 11.4 Å². The molecule has 1 aromatic heterocycles. The number of aromatic nitrogens is 4. The molecule has 0 aliphatic rings. The summed E-state index contributed by atoms with van der Waals surface area (Å²) in [5.74, 6) is 0.281. The van der Waals surface area contributed by atoms with Gasteiger partial charge >= 0.3 is 0 Å². The summed E-state index contributed by atoms with van der Waals surface area (Å²) in [7, 11) is 1.52. The van der Waals surface area contributed by atoms with Crippen molar-refractivity contribution in [3.05, 3.63) is 29.8 Å². The van der Waals surface area contributed by atoms with E-state index in [2.05, 4.69) is 25.9 Å². The number of nitrogens with zero attached hydrogens (tertiary/aromatic N) is 3. The van der Waals surface area contributed by atoms with E-state index < -0.39 is 6.10 Å². The molecule has 2 rings (SSSR count). The minimum atomic E-state index is -0.573. The Labute approximate surface area is 121 Å². The summed E-state index contributed by atoms with van der Waals surface area (Å²) in [6.07, 6.45) is -0.128. The van der Waals surface area contributed by atoms with Crippen LogP contribution in [0.1, 0.15) is 16.8 Å². The Kier molecular flexibility index (Phi) is 5.35. The molecule has 8 heteroatoms. The Balaban J connectivity index is 1.85. The number of nitrogens with one attached hydrogen (secondary N) is 2. The van der Waals surface area contributed by atoms with Crippen LogP contribution in [0.3, 0.4) is 0 Å². The Morgan fingerprint density at radius 2 is 2.19 bits per heavy atom. The molecule has 112 valence electrons. The lowest BCUT2D eigenvalue weighted by Crippen LogP contribution is -2.28. The van der Waals surface area contributed by atoms with E-state index >= 15 is 0 Å². The van der Waals surface area contributed by atoms with Crippen LogP contribution in [0.25, 0.3) is 11.4 Å². The second-order valence-corrected chi connectivity index (χ2v) is 4.47. The lowest BCUT2D eigenvalue weighted by molar-refractivity contribution is 0.0587. The van der Waals surface area contributed by atoms with Gasteiger partial charge in [-0.3, -0.25) is 4.79 Å². The van der Waals surface area contributed by atoms with Crippen LogP contribution in [0.2, 0.25) is 0 Å². The molecule has 3 N–H and O–H groups in total. The first-order valence-corrected chi connectivity index (χ1v) is 6.50. The zero-order chi connectivity index (χ0) is 15.1. The first kappa shape index (κ1) is 15.1. The number of carbonyl (C=O) groups is 1. The quantitative estimate of drug-likeness (QED) is 0.661. The third kappa shape index (κ3) is 4.33. The lowest BCUT2D eigenvalue weighted by atomic mass is 10.1. The van der Waals surface area contributed by atoms with Gasteiger partial charge in [0.15, 0.2) is 0 Å². The van der Waals surface area contributed by atoms with Gasteiger partial charge in [0.1, 0.15) is 0 Å². The molecule has 0 spiro atoms. The van der Waals surface area contributed by atoms with Crippen molar-refractivity contribution >= 4 is 5.91 Å². The van der Waals surface area contributed by atoms with Crippen LogP contribution in [-0.4, -0.2) is 58.0 Å². The van der Waals surface area contributed by atoms with Crippen LogP contribution < -0.4 is 5.32 Å². The highest BCUT2D eigenvalue weighted by Crippen LogP contribution is 2.13. The molecule has 8 nitrogen and oxygen atoms in total. The number of hydrogen-bond acceptors (Lipinski definition) is 6. The highest BCUT2D eigenvalue weighted by molar-refractivity contribution is 5.94. The zero-order valence-electron chi connectivity index (χ0n) is 11.6. The molecule has 21 heavy (non-hydrogen) atoms. The zero-order valence-corrected chi connectivity index (χ0v) is 11.6. The third-order valence-electron chi connectivity index (χ3n) is 2.87. The SMILES string of the molecule is COCC(O)CCNC(=O)c1ccc(-c2nn[nH]n2)cc1. The highest BCUT2D eigenvalue weighted by atomic mass is 16.5. The van der Waals surface area contributed by atoms with Gasteiger partial charge in [-0.25, -0.2) is 0 Å². The lowest BCUT2D eigenvalue weighted by Gasteiger charge is -2.10. The summed E-state index contributed by atoms with van der Waals surface area (Å²) >= 11 is 0. The molecule has 1 unspecified atom stereocenters. The van der Waals surface area contributed by atoms with Crippen LogP contribution in [0.15, 0.2) is 24.3 Å². The van der Waals surface area contributed by atoms with Gasteiger partial charge in [0.2, 0.25) is 5.82 Å². The van der Waals surface area contributed by atoms with Gasteiger partial charge in [0.25, 0.3) is 5.91 Å². The summed E-state index contributed by atoms with van der Waals surface area (Å²) in [5.41, 5.74) is 1.30. The van der Waals surface area contributed by atoms with Crippen molar-refractivity contribution in [2.75, 3.05) is 20.3 Å². The molecule has 1 amide bonds. The number of tetrazole rings is 1. The number of carbonyl (C=O) groups excluding carboxylic acids is 1. The third-order valence-corrected chi connectivity index (χ3v) is 2.87. The molecule has 0 saturated heterocycles. The standard InChI is InChI=1S/C13H17N5O3/c1-21-8-11(19)6-7-14-13(20)10-4-2-9(3-5-10)12-15-17-18-16-12/h2-5,11,19H,6-8H2,1H3,(H,14,20)(H,15,16,17,18). The van der Waals surface area contributed by atoms with Gasteiger partial charge in [-0.2, -0.15) is 5.21 Å². The van der Waals surface area contributed by atoms with Gasteiger partial charge in [-0.15, -0.1) is 10.2 Å². The number of ether oxygens (including phenoxy) is 1. The number of rotatable bonds is 7. The minimum absolute atomic E-state index is 0.195. The molecule has 0 radical (unpaired) electrons. The minimum Gasteiger partial charge on any atom is -0.391 e. The van der Waals surface area contributed by atoms with E-state index in [0.29, 0.717) is 24.4 Å². The van der Waals surface area contributed by atoms with Crippen LogP contribution >= 0.6 is 0 Å². The predicted molar refractivity (Wildman–Crippen MR) is 74.4 cm³/mol. The molecule has 1 aromatic carbocycles. The van der Waals surface area contributed by atoms with Crippen LogP contribution in [0.5, 0.6) is 0 Å². The molecular weight excluding hydrogens is 274 g/mol. The Morgan fingerprint density at radius 1 is 1.43 bits per heavy atom. The van der Waals surface area contributed by atoms with Crippen LogP contribution in [-0.2, 0) is 4.74 Å². The van der Waals surface area contributed by atoms with Gasteiger partial charge < -0.3 is 15.2 Å². The topological polar surface area (TPSA) is 113 Å². The Hall–Kier alpha value is -2.32. The Bertz CT molecular complexity index is 556. The van der Waals surface area contributed by atoms with E-state index in [1.54, 1.807) is 24.3 Å². The molecule has 0 aliphatic carbocycles. The van der Waals surface area contributed by atoms with Gasteiger partial charge in [0, 0.05) is 24.8 Å². The van der Waals surface area contributed by atoms with E-state index in [1.807, 2.05) is 0 Å². The van der Waals surface area contributed by atoms with Gasteiger partial charge in [0.05, 0.1) is 12.7 Å². The number of hydrogen-bond donors (Lipinski definition) is 3. The number of aliphatic hydroxyl groups excluding tert-OH is 1. The fraction of sp³-hybridized carbons (Fsp3) is 0.385. The number of amides is 1. The smallest absolute Gasteiger partial charge is 0.251 e. The first-order valence-electron chi connectivity index (χ1n) is 6.50. The van der Waals surface area contributed by atoms with Crippen molar-refractivity contribution in [3.63, 3.8) is 0 Å². The van der Waals surface area contributed by atoms with Crippen molar-refractivity contribution in [1.82, 2.24) is 25.9 Å². The number of methoxy groups -OCH3 is 1. The summed E-state index contributed by atoms with van der Waals surface area (Å²) in [4.78, 5) is 11.9. The maximum atomic E-state index is 11.9. The summed E-state index contributed by atoms with van der Waals surface area (Å²) < 4.78 is 4.81. The van der Waals surface area contributed by atoms with Gasteiger partial charge in [-0.1, -0.05) is 12.1 Å². The number of H-pyrrole nitrogens is 1. The van der Waals surface area contributed by atoms with Crippen LogP contribution in [0, 0.1) is 0 Å². The molecule has 0 fully saturated rings. The fourth-order valence-electron chi connectivity index (χ4n) is 1.78. The van der Waals surface area contributed by atoms with Gasteiger partial charge in [-0.05, 0) is 23.8 Å². The largest absolute Gasteiger partial charge is 0.391 e. The second kappa shape index (κ2) is 7.46. The number of aliphatic hydroxyl groups is 1. The number of benzene rings is 1. The average molecular weight is 291 g/mol. The van der Waals surface area contributed by atoms with E-state index in [9.17, 15) is 9.90 Å². The molecule has 0 aliphatic heterocycles. The molecule has 2 aromatic rings. The highest BCUT2D eigenvalue weighted by Gasteiger charge is 2.09. The number of aromatic amines is 1. The van der Waals surface area contributed by atoms with Crippen molar-refractivity contribution < 1.29 is 14.6 Å². The average Bonchev–Trinajstić information content (AvgIpc) is 3.02. The summed E-state index contributed by atoms with van der Waals surface area (Å²) in [6.45, 7) is 0.644. The maximum Gasteiger partial charge on any atom is 0.251 e. The predicted octanol–water partition coefficient (Wildman–Crippen LogP) is -0.00610. The normalized spacial score (nSPS) is 12.1. The van der Waals surface area contributed by atoms with E-state index in [1.165, 1.54) is 7.11 Å². The van der Waals surface area contributed by atoms with Crippen molar-refractivity contribution in [2.45, 2.75) is 12.5 Å². The molecule has 0 bridgehead atoms. The van der Waals surface area contributed by atoms with E-state index in [-0.39, 0.29) is 12.5 Å². The molecule has 1 heterocycles. The first-order chi connectivity index (χ1) is 10.2. The fourth-order valence-corrected chi connectivity index (χ4v) is 1.78. The maximum absolute atomic E-state index is 11.9. The van der Waals surface area contributed by atoms with E-state index in [4.69, 9.17) is 4.74 Å². The second-order valence-electron chi connectivity index (χ2n) is 4.47. The van der Waals surface area contributed by atoms with E-state index in [0.717, 1.165) is 5.56 Å². The van der Waals surface area contributed by atoms with Crippen molar-refractivity contribution in [1.29, 1.82) is 0 Å². The summed E-state index contributed by atoms with van der Waals surface area (Å²) in [5, 5.41) is 25.8.